The third-order valence-electron chi connectivity index (χ3n) is 6.05. The first kappa shape index (κ1) is 33.4. The fourth-order valence-corrected chi connectivity index (χ4v) is 5.85. The highest BCUT2D eigenvalue weighted by atomic mass is 35.5. The number of fused-ring (bicyclic) bond motifs is 2. The van der Waals surface area contributed by atoms with Crippen molar-refractivity contribution < 1.29 is 23.1 Å². The molecule has 4 rings (SSSR count). The molecule has 4 aromatic rings. The Kier molecular flexibility index (Phi) is 11.1. The number of aromatic nitrogens is 3. The Morgan fingerprint density at radius 1 is 1.07 bits per heavy atom. The first-order valence-corrected chi connectivity index (χ1v) is 14.5. The molecule has 0 aliphatic carbocycles. The average molecular weight is 631 g/mol. The van der Waals surface area contributed by atoms with Gasteiger partial charge in [-0.1, -0.05) is 13.8 Å². The quantitative estimate of drug-likeness (QED) is 0.193. The lowest BCUT2D eigenvalue weighted by molar-refractivity contribution is -0.140. The fourth-order valence-electron chi connectivity index (χ4n) is 3.87. The monoisotopic (exact) mass is 629 g/mol. The van der Waals surface area contributed by atoms with Crippen LogP contribution in [0.3, 0.4) is 0 Å². The molecule has 3 N–H and O–H groups in total. The van der Waals surface area contributed by atoms with E-state index in [0.29, 0.717) is 16.7 Å². The van der Waals surface area contributed by atoms with Crippen molar-refractivity contribution in [1.29, 1.82) is 0 Å². The summed E-state index contributed by atoms with van der Waals surface area (Å²) in [6.45, 7) is 8.79. The average Bonchev–Trinajstić information content (AvgIpc) is 3.30. The minimum atomic E-state index is -3.82. The molecule has 14 heteroatoms. The van der Waals surface area contributed by atoms with Crippen LogP contribution in [-0.2, 0) is 14.6 Å². The van der Waals surface area contributed by atoms with Gasteiger partial charge in [0.1, 0.15) is 35.4 Å². The summed E-state index contributed by atoms with van der Waals surface area (Å²) in [4.78, 5) is 24.5. The molecule has 0 aliphatic heterocycles. The van der Waals surface area contributed by atoms with Crippen LogP contribution in [0.2, 0.25) is 0 Å². The van der Waals surface area contributed by atoms with Crippen LogP contribution in [0, 0.1) is 5.92 Å². The van der Waals surface area contributed by atoms with Crippen LogP contribution in [0.1, 0.15) is 34.6 Å². The number of aliphatic carboxylic acids is 1. The molecule has 0 bridgehead atoms. The molecular formula is C26H33Cl2N5O5S2. The number of carboxylic acids is 1. The maximum Gasteiger partial charge on any atom is 0.320 e. The largest absolute Gasteiger partial charge is 0.491 e. The summed E-state index contributed by atoms with van der Waals surface area (Å²) in [6.07, 6.45) is 1.40. The van der Waals surface area contributed by atoms with E-state index in [1.165, 1.54) is 12.4 Å². The SMILES string of the molecule is CC(C)C(NCCOc1cc2ncnc(Nc3ccc4scnc4c3)c2cc1S(=O)(=O)C(C)(C)C)C(=O)O.Cl.Cl. The van der Waals surface area contributed by atoms with E-state index in [1.54, 1.807) is 43.7 Å². The molecule has 10 nitrogen and oxygen atoms in total. The van der Waals surface area contributed by atoms with E-state index in [-0.39, 0.29) is 54.5 Å². The highest BCUT2D eigenvalue weighted by Crippen LogP contribution is 2.37. The summed E-state index contributed by atoms with van der Waals surface area (Å²) in [5.41, 5.74) is 3.88. The van der Waals surface area contributed by atoms with Crippen molar-refractivity contribution in [3.8, 4) is 5.75 Å². The van der Waals surface area contributed by atoms with Crippen molar-refractivity contribution in [3.63, 3.8) is 0 Å². The van der Waals surface area contributed by atoms with Gasteiger partial charge in [0.25, 0.3) is 0 Å². The molecule has 40 heavy (non-hydrogen) atoms. The lowest BCUT2D eigenvalue weighted by atomic mass is 10.1. The van der Waals surface area contributed by atoms with Crippen molar-refractivity contribution in [2.75, 3.05) is 18.5 Å². The van der Waals surface area contributed by atoms with E-state index >= 15 is 0 Å². The number of benzene rings is 2. The molecule has 0 spiro atoms. The lowest BCUT2D eigenvalue weighted by Crippen LogP contribution is -2.42. The Morgan fingerprint density at radius 3 is 2.45 bits per heavy atom. The van der Waals surface area contributed by atoms with Crippen LogP contribution in [0.4, 0.5) is 11.5 Å². The Labute approximate surface area is 249 Å². The first-order valence-electron chi connectivity index (χ1n) is 12.1. The number of nitrogens with zero attached hydrogens (tertiary/aromatic N) is 3. The van der Waals surface area contributed by atoms with Gasteiger partial charge in [-0.25, -0.2) is 23.4 Å². The van der Waals surface area contributed by atoms with Crippen molar-refractivity contribution in [2.24, 2.45) is 5.92 Å². The Hall–Kier alpha value is -2.77. The molecule has 1 atom stereocenters. The first-order chi connectivity index (χ1) is 17.9. The Balaban J connectivity index is 0.00000280. The highest BCUT2D eigenvalue weighted by Gasteiger charge is 2.34. The van der Waals surface area contributed by atoms with Crippen LogP contribution < -0.4 is 15.4 Å². The van der Waals surface area contributed by atoms with Crippen LogP contribution in [0.5, 0.6) is 5.75 Å². The van der Waals surface area contributed by atoms with E-state index in [4.69, 9.17) is 4.74 Å². The molecule has 0 saturated carbocycles. The molecular weight excluding hydrogens is 597 g/mol. The van der Waals surface area contributed by atoms with Gasteiger partial charge in [0.15, 0.2) is 9.84 Å². The summed E-state index contributed by atoms with van der Waals surface area (Å²) in [7, 11) is -3.82. The second kappa shape index (κ2) is 13.3. The van der Waals surface area contributed by atoms with E-state index in [9.17, 15) is 18.3 Å². The minimum absolute atomic E-state index is 0. The number of halogens is 2. The Morgan fingerprint density at radius 2 is 1.80 bits per heavy atom. The molecule has 0 radical (unpaired) electrons. The van der Waals surface area contributed by atoms with Gasteiger partial charge in [-0.2, -0.15) is 0 Å². The zero-order chi connectivity index (χ0) is 27.7. The Bertz CT molecular complexity index is 1590. The van der Waals surface area contributed by atoms with Crippen molar-refractivity contribution in [3.05, 3.63) is 42.2 Å². The number of nitrogens with one attached hydrogen (secondary N) is 2. The van der Waals surface area contributed by atoms with Gasteiger partial charge < -0.3 is 20.5 Å². The number of hydrogen-bond donors (Lipinski definition) is 3. The molecule has 2 heterocycles. The molecule has 2 aromatic carbocycles. The summed E-state index contributed by atoms with van der Waals surface area (Å²) in [5, 5.41) is 16.1. The maximum absolute atomic E-state index is 13.6. The molecule has 0 aliphatic rings. The van der Waals surface area contributed by atoms with Gasteiger partial charge in [-0.05, 0) is 51.0 Å². The molecule has 2 aromatic heterocycles. The van der Waals surface area contributed by atoms with Gasteiger partial charge in [-0.3, -0.25) is 4.79 Å². The fraction of sp³-hybridized carbons (Fsp3) is 0.385. The second-order valence-corrected chi connectivity index (χ2v) is 13.7. The zero-order valence-corrected chi connectivity index (χ0v) is 25.9. The number of sulfone groups is 1. The predicted octanol–water partition coefficient (Wildman–Crippen LogP) is 5.48. The number of carboxylic acid groups (broad SMARTS) is 1. The molecule has 1 unspecified atom stereocenters. The van der Waals surface area contributed by atoms with Gasteiger partial charge in [0.05, 0.1) is 26.0 Å². The molecule has 218 valence electrons. The maximum atomic E-state index is 13.6. The van der Waals surface area contributed by atoms with Gasteiger partial charge in [0, 0.05) is 23.7 Å². The van der Waals surface area contributed by atoms with Crippen molar-refractivity contribution in [1.82, 2.24) is 20.3 Å². The number of anilines is 2. The molecule has 0 amide bonds. The second-order valence-electron chi connectivity index (χ2n) is 10.2. The third-order valence-corrected chi connectivity index (χ3v) is 9.37. The van der Waals surface area contributed by atoms with Crippen LogP contribution in [0.15, 0.2) is 47.1 Å². The number of thiazole rings is 1. The zero-order valence-electron chi connectivity index (χ0n) is 22.7. The number of rotatable bonds is 10. The van der Waals surface area contributed by atoms with Crippen LogP contribution in [0.25, 0.3) is 21.1 Å². The summed E-state index contributed by atoms with van der Waals surface area (Å²) in [6, 6.07) is 8.16. The third kappa shape index (κ3) is 7.10. The van der Waals surface area contributed by atoms with Crippen LogP contribution >= 0.6 is 36.2 Å². The summed E-state index contributed by atoms with van der Waals surface area (Å²) in [5.74, 6) is -0.472. The topological polar surface area (TPSA) is 143 Å². The van der Waals surface area contributed by atoms with Gasteiger partial charge >= 0.3 is 5.97 Å². The van der Waals surface area contributed by atoms with Gasteiger partial charge in [-0.15, -0.1) is 36.2 Å². The smallest absolute Gasteiger partial charge is 0.320 e. The van der Waals surface area contributed by atoms with E-state index < -0.39 is 26.6 Å². The summed E-state index contributed by atoms with van der Waals surface area (Å²) >= 11 is 1.55. The van der Waals surface area contributed by atoms with E-state index in [1.807, 2.05) is 32.0 Å². The predicted molar refractivity (Wildman–Crippen MR) is 164 cm³/mol. The van der Waals surface area contributed by atoms with Crippen LogP contribution in [-0.4, -0.2) is 58.4 Å². The molecule has 0 saturated heterocycles. The standard InChI is InChI=1S/C26H31N5O5S2.2ClH/c1-15(2)23(25(32)33)27-8-9-36-20-12-18-17(11-22(20)38(34,35)26(3,4)5)24(29-13-28-18)31-16-6-7-21-19(10-16)30-14-37-21;;/h6-7,10-15,23,27H,8-9H2,1-5H3,(H,32,33)(H,28,29,31);2*1H. The minimum Gasteiger partial charge on any atom is -0.491 e. The summed E-state index contributed by atoms with van der Waals surface area (Å²) < 4.78 is 33.0. The molecule has 0 fully saturated rings. The van der Waals surface area contributed by atoms with Gasteiger partial charge in [0.2, 0.25) is 0 Å². The van der Waals surface area contributed by atoms with E-state index in [0.717, 1.165) is 15.9 Å². The highest BCUT2D eigenvalue weighted by molar-refractivity contribution is 7.92. The number of carbonyl (C=O) groups is 1. The van der Waals surface area contributed by atoms with Crippen molar-refractivity contribution in [2.45, 2.75) is 50.3 Å². The number of ether oxygens (including phenoxy) is 1. The van der Waals surface area contributed by atoms with Crippen molar-refractivity contribution >= 4 is 84.6 Å². The normalized spacial score (nSPS) is 12.6. The van der Waals surface area contributed by atoms with E-state index in [2.05, 4.69) is 25.6 Å². The number of hydrogen-bond acceptors (Lipinski definition) is 10. The lowest BCUT2D eigenvalue weighted by Gasteiger charge is -2.23.